The van der Waals surface area contributed by atoms with Crippen LogP contribution >= 0.6 is 0 Å². The number of pyridine rings is 1. The Hall–Kier alpha value is -1.82. The number of rotatable bonds is 1. The van der Waals surface area contributed by atoms with E-state index >= 15 is 0 Å². The number of hydrogen-bond acceptors (Lipinski definition) is 3. The molecular weight excluding hydrogens is 255 g/mol. The van der Waals surface area contributed by atoms with Crippen LogP contribution < -0.4 is 11.3 Å². The van der Waals surface area contributed by atoms with Crippen LogP contribution in [-0.2, 0) is 5.41 Å². The van der Waals surface area contributed by atoms with Crippen molar-refractivity contribution in [1.82, 2.24) is 4.98 Å². The normalized spacial score (nSPS) is 11.9. The third-order valence-corrected chi connectivity index (χ3v) is 2.90. The van der Waals surface area contributed by atoms with Gasteiger partial charge in [0.1, 0.15) is 5.82 Å². The fraction of sp³-hybridized carbons (Fsp3) is 0.308. The highest BCUT2D eigenvalue weighted by molar-refractivity contribution is 5.83. The van der Waals surface area contributed by atoms with Gasteiger partial charge in [0, 0.05) is 17.0 Å². The zero-order valence-electron chi connectivity index (χ0n) is 10.8. The highest BCUT2D eigenvalue weighted by Gasteiger charge is 2.22. The molecule has 0 fully saturated rings. The summed E-state index contributed by atoms with van der Waals surface area (Å²) in [6.07, 6.45) is 0. The maximum Gasteiger partial charge on any atom is 0.195 e. The van der Waals surface area contributed by atoms with Crippen LogP contribution in [0.25, 0.3) is 10.9 Å². The quantitative estimate of drug-likeness (QED) is 0.474. The van der Waals surface area contributed by atoms with Crippen LogP contribution in [-0.4, -0.2) is 4.98 Å². The van der Waals surface area contributed by atoms with Gasteiger partial charge < -0.3 is 5.43 Å². The van der Waals surface area contributed by atoms with Crippen molar-refractivity contribution in [2.24, 2.45) is 5.84 Å². The van der Waals surface area contributed by atoms with Gasteiger partial charge in [0.2, 0.25) is 0 Å². The Balaban J connectivity index is 2.87. The Morgan fingerprint density at radius 1 is 1.11 bits per heavy atom. The molecule has 3 nitrogen and oxygen atoms in total. The van der Waals surface area contributed by atoms with Gasteiger partial charge in [0.05, 0.1) is 5.52 Å². The second-order valence-electron chi connectivity index (χ2n) is 5.33. The minimum absolute atomic E-state index is 0.0114. The Kier molecular flexibility index (Phi) is 3.14. The first kappa shape index (κ1) is 13.6. The van der Waals surface area contributed by atoms with E-state index < -0.39 is 17.5 Å². The zero-order valence-corrected chi connectivity index (χ0v) is 10.8. The summed E-state index contributed by atoms with van der Waals surface area (Å²) < 4.78 is 40.2. The van der Waals surface area contributed by atoms with Crippen molar-refractivity contribution < 1.29 is 13.2 Å². The molecule has 0 amide bonds. The summed E-state index contributed by atoms with van der Waals surface area (Å²) in [4.78, 5) is 4.04. The molecule has 0 unspecified atom stereocenters. The summed E-state index contributed by atoms with van der Waals surface area (Å²) in [5, 5.41) is -0.0668. The van der Waals surface area contributed by atoms with Crippen LogP contribution in [0.15, 0.2) is 12.1 Å². The van der Waals surface area contributed by atoms with Crippen LogP contribution in [0.3, 0.4) is 0 Å². The van der Waals surface area contributed by atoms with Crippen molar-refractivity contribution in [3.8, 4) is 0 Å². The molecule has 0 saturated heterocycles. The fourth-order valence-electron chi connectivity index (χ4n) is 1.90. The van der Waals surface area contributed by atoms with E-state index in [1.807, 2.05) is 20.8 Å². The lowest BCUT2D eigenvalue weighted by atomic mass is 9.86. The molecule has 6 heteroatoms. The zero-order chi connectivity index (χ0) is 14.4. The van der Waals surface area contributed by atoms with Crippen molar-refractivity contribution >= 4 is 16.7 Å². The van der Waals surface area contributed by atoms with Gasteiger partial charge in [0.15, 0.2) is 17.5 Å². The lowest BCUT2D eigenvalue weighted by Gasteiger charge is -2.22. The molecule has 0 spiro atoms. The van der Waals surface area contributed by atoms with Crippen LogP contribution in [0, 0.1) is 17.5 Å². The van der Waals surface area contributed by atoms with Gasteiger partial charge in [-0.05, 0) is 11.5 Å². The van der Waals surface area contributed by atoms with E-state index in [1.54, 1.807) is 0 Å². The number of nitrogens with two attached hydrogens (primary N) is 1. The molecule has 0 bridgehead atoms. The average Bonchev–Trinajstić information content (AvgIpc) is 2.33. The number of halogens is 3. The standard InChI is InChI=1S/C13H14F3N3/c1-13(2,3)7-4-6-9(18-12(7)19-17)5-8(14)11(16)10(6)15/h4-5H,17H2,1-3H3,(H,18,19). The van der Waals surface area contributed by atoms with E-state index in [-0.39, 0.29) is 16.3 Å². The smallest absolute Gasteiger partial charge is 0.195 e. The van der Waals surface area contributed by atoms with Crippen molar-refractivity contribution in [2.45, 2.75) is 26.2 Å². The molecule has 0 saturated carbocycles. The predicted molar refractivity (Wildman–Crippen MR) is 68.1 cm³/mol. The molecule has 2 rings (SSSR count). The van der Waals surface area contributed by atoms with Gasteiger partial charge >= 0.3 is 0 Å². The molecule has 1 aromatic heterocycles. The number of hydrogen-bond donors (Lipinski definition) is 2. The molecule has 0 aliphatic rings. The lowest BCUT2D eigenvalue weighted by Crippen LogP contribution is -2.19. The summed E-state index contributed by atoms with van der Waals surface area (Å²) >= 11 is 0. The van der Waals surface area contributed by atoms with Crippen molar-refractivity contribution in [1.29, 1.82) is 0 Å². The fourth-order valence-corrected chi connectivity index (χ4v) is 1.90. The number of hydrazine groups is 1. The van der Waals surface area contributed by atoms with Gasteiger partial charge in [-0.15, -0.1) is 0 Å². The van der Waals surface area contributed by atoms with Crippen LogP contribution in [0.5, 0.6) is 0 Å². The van der Waals surface area contributed by atoms with Crippen molar-refractivity contribution in [3.63, 3.8) is 0 Å². The number of nitrogens with one attached hydrogen (secondary N) is 1. The summed E-state index contributed by atoms with van der Waals surface area (Å²) in [7, 11) is 0. The third-order valence-electron chi connectivity index (χ3n) is 2.90. The topological polar surface area (TPSA) is 50.9 Å². The Bertz CT molecular complexity index is 648. The van der Waals surface area contributed by atoms with Crippen LogP contribution in [0.2, 0.25) is 0 Å². The molecule has 19 heavy (non-hydrogen) atoms. The number of fused-ring (bicyclic) bond motifs is 1. The predicted octanol–water partition coefficient (Wildman–Crippen LogP) is 3.24. The maximum atomic E-state index is 13.8. The van der Waals surface area contributed by atoms with E-state index in [0.29, 0.717) is 11.4 Å². The SMILES string of the molecule is CC(C)(C)c1cc2c(F)c(F)c(F)cc2nc1NN. The van der Waals surface area contributed by atoms with E-state index in [0.717, 1.165) is 6.07 Å². The molecule has 0 aliphatic carbocycles. The second-order valence-corrected chi connectivity index (χ2v) is 5.33. The monoisotopic (exact) mass is 269 g/mol. The Morgan fingerprint density at radius 3 is 2.26 bits per heavy atom. The highest BCUT2D eigenvalue weighted by atomic mass is 19.2. The number of aromatic nitrogens is 1. The van der Waals surface area contributed by atoms with E-state index in [9.17, 15) is 13.2 Å². The molecule has 0 aliphatic heterocycles. The van der Waals surface area contributed by atoms with Gasteiger partial charge in [-0.25, -0.2) is 24.0 Å². The minimum Gasteiger partial charge on any atom is -0.308 e. The molecule has 0 radical (unpaired) electrons. The average molecular weight is 269 g/mol. The van der Waals surface area contributed by atoms with Crippen molar-refractivity contribution in [3.05, 3.63) is 35.1 Å². The highest BCUT2D eigenvalue weighted by Crippen LogP contribution is 2.32. The van der Waals surface area contributed by atoms with Gasteiger partial charge in [-0.2, -0.15) is 0 Å². The number of anilines is 1. The Morgan fingerprint density at radius 2 is 1.74 bits per heavy atom. The summed E-state index contributed by atoms with van der Waals surface area (Å²) in [5.74, 6) is 1.67. The molecule has 2 aromatic rings. The number of nitrogen functional groups attached to an aromatic ring is 1. The van der Waals surface area contributed by atoms with Crippen LogP contribution in [0.4, 0.5) is 19.0 Å². The summed E-state index contributed by atoms with van der Waals surface area (Å²) in [6.45, 7) is 5.65. The molecular formula is C13H14F3N3. The third kappa shape index (κ3) is 2.23. The van der Waals surface area contributed by atoms with E-state index in [1.165, 1.54) is 6.07 Å². The lowest BCUT2D eigenvalue weighted by molar-refractivity contribution is 0.453. The first-order valence-corrected chi connectivity index (χ1v) is 5.71. The van der Waals surface area contributed by atoms with Gasteiger partial charge in [-0.3, -0.25) is 0 Å². The molecule has 1 aromatic carbocycles. The summed E-state index contributed by atoms with van der Waals surface area (Å²) in [5.41, 5.74) is 2.65. The number of nitrogens with zero attached hydrogens (tertiary/aromatic N) is 1. The largest absolute Gasteiger partial charge is 0.308 e. The first-order chi connectivity index (χ1) is 8.75. The van der Waals surface area contributed by atoms with E-state index in [4.69, 9.17) is 5.84 Å². The second kappa shape index (κ2) is 4.38. The number of benzene rings is 1. The maximum absolute atomic E-state index is 13.8. The summed E-state index contributed by atoms with van der Waals surface area (Å²) in [6, 6.07) is 2.29. The van der Waals surface area contributed by atoms with Gasteiger partial charge in [0.25, 0.3) is 0 Å². The van der Waals surface area contributed by atoms with Gasteiger partial charge in [-0.1, -0.05) is 20.8 Å². The van der Waals surface area contributed by atoms with E-state index in [2.05, 4.69) is 10.4 Å². The van der Waals surface area contributed by atoms with Crippen LogP contribution in [0.1, 0.15) is 26.3 Å². The molecule has 1 heterocycles. The molecule has 3 N–H and O–H groups in total. The van der Waals surface area contributed by atoms with Crippen molar-refractivity contribution in [2.75, 3.05) is 5.43 Å². The molecule has 102 valence electrons. The minimum atomic E-state index is -1.50. The Labute approximate surface area is 108 Å². The first-order valence-electron chi connectivity index (χ1n) is 5.71. The molecule has 0 atom stereocenters.